The fourth-order valence-corrected chi connectivity index (χ4v) is 1.24. The number of esters is 1. The first-order valence-electron chi connectivity index (χ1n) is 3.77. The van der Waals surface area contributed by atoms with Gasteiger partial charge in [-0.3, -0.25) is 4.79 Å². The van der Waals surface area contributed by atoms with Crippen LogP contribution in [0.2, 0.25) is 0 Å². The summed E-state index contributed by atoms with van der Waals surface area (Å²) in [5, 5.41) is 0. The van der Waals surface area contributed by atoms with Crippen molar-refractivity contribution in [1.82, 2.24) is 0 Å². The first kappa shape index (κ1) is 7.85. The number of carbonyl (C=O) groups is 2. The zero-order valence-electron chi connectivity index (χ0n) is 6.93. The number of nitrogens with zero attached hydrogens (tertiary/aromatic N) is 2. The van der Waals surface area contributed by atoms with Crippen LogP contribution in [0.25, 0.3) is 0 Å². The van der Waals surface area contributed by atoms with E-state index < -0.39 is 18.0 Å². The predicted octanol–water partition coefficient (Wildman–Crippen LogP) is -0.0392. The first-order valence-corrected chi connectivity index (χ1v) is 3.77. The Morgan fingerprint density at radius 1 is 1.54 bits per heavy atom. The molecule has 0 fully saturated rings. The Morgan fingerprint density at radius 3 is 3.08 bits per heavy atom. The Bertz CT molecular complexity index is 379. The molecule has 1 atom stereocenters. The molecule has 0 N–H and O–H groups in total. The highest BCUT2D eigenvalue weighted by molar-refractivity contribution is 6.11. The van der Waals surface area contributed by atoms with E-state index in [2.05, 4.69) is 9.73 Å². The van der Waals surface area contributed by atoms with Crippen LogP contribution in [0.3, 0.4) is 0 Å². The van der Waals surface area contributed by atoms with Crippen molar-refractivity contribution in [1.29, 1.82) is 0 Å². The van der Waals surface area contributed by atoms with Crippen LogP contribution >= 0.6 is 0 Å². The Kier molecular flexibility index (Phi) is 1.58. The molecule has 0 aromatic rings. The van der Waals surface area contributed by atoms with Crippen molar-refractivity contribution in [2.75, 3.05) is 7.05 Å². The van der Waals surface area contributed by atoms with Gasteiger partial charge in [0.2, 0.25) is 0 Å². The minimum Gasteiger partial charge on any atom is -0.356 e. The van der Waals surface area contributed by atoms with Gasteiger partial charge in [0.15, 0.2) is 5.92 Å². The van der Waals surface area contributed by atoms with E-state index in [4.69, 9.17) is 0 Å². The SMILES string of the molecule is C[N+]1=C2N=CC=CC2C(=O)OC1=O. The normalized spacial score (nSPS) is 26.1. The number of hydrogen-bond donors (Lipinski definition) is 0. The summed E-state index contributed by atoms with van der Waals surface area (Å²) in [5.41, 5.74) is 0. The second-order valence-corrected chi connectivity index (χ2v) is 2.74. The zero-order chi connectivity index (χ0) is 9.42. The lowest BCUT2D eigenvalue weighted by atomic mass is 10.1. The van der Waals surface area contributed by atoms with Gasteiger partial charge in [0.1, 0.15) is 6.21 Å². The lowest BCUT2D eigenvalue weighted by Crippen LogP contribution is -2.41. The van der Waals surface area contributed by atoms with E-state index in [0.29, 0.717) is 5.84 Å². The monoisotopic (exact) mass is 179 g/mol. The second-order valence-electron chi connectivity index (χ2n) is 2.74. The highest BCUT2D eigenvalue weighted by Crippen LogP contribution is 2.14. The molecule has 0 aromatic heterocycles. The van der Waals surface area contributed by atoms with Gasteiger partial charge in [-0.1, -0.05) is 11.1 Å². The molecule has 0 radical (unpaired) electrons. The number of cyclic esters (lactones) is 2. The summed E-state index contributed by atoms with van der Waals surface area (Å²) in [7, 11) is 1.52. The summed E-state index contributed by atoms with van der Waals surface area (Å²) >= 11 is 0. The molecule has 13 heavy (non-hydrogen) atoms. The lowest BCUT2D eigenvalue weighted by Gasteiger charge is -2.14. The minimum atomic E-state index is -0.677. The van der Waals surface area contributed by atoms with E-state index in [1.54, 1.807) is 12.2 Å². The van der Waals surface area contributed by atoms with Crippen LogP contribution in [0.15, 0.2) is 17.1 Å². The van der Waals surface area contributed by atoms with Crippen LogP contribution in [0.1, 0.15) is 0 Å². The van der Waals surface area contributed by atoms with Crippen LogP contribution in [0.4, 0.5) is 4.79 Å². The third-order valence-corrected chi connectivity index (χ3v) is 1.93. The summed E-state index contributed by atoms with van der Waals surface area (Å²) < 4.78 is 5.70. The minimum absolute atomic E-state index is 0.420. The Balaban J connectivity index is 2.53. The molecule has 5 nitrogen and oxygen atoms in total. The van der Waals surface area contributed by atoms with Crippen molar-refractivity contribution in [3.8, 4) is 0 Å². The van der Waals surface area contributed by atoms with Crippen LogP contribution in [0.5, 0.6) is 0 Å². The van der Waals surface area contributed by atoms with E-state index in [-0.39, 0.29) is 0 Å². The Hall–Kier alpha value is -1.78. The van der Waals surface area contributed by atoms with Gasteiger partial charge in [-0.05, 0) is 6.08 Å². The predicted molar refractivity (Wildman–Crippen MR) is 43.8 cm³/mol. The van der Waals surface area contributed by atoms with E-state index >= 15 is 0 Å². The molecule has 2 aliphatic heterocycles. The topological polar surface area (TPSA) is 58.7 Å². The van der Waals surface area contributed by atoms with Crippen molar-refractivity contribution in [3.05, 3.63) is 12.2 Å². The second kappa shape index (κ2) is 2.62. The van der Waals surface area contributed by atoms with E-state index in [1.807, 2.05) is 0 Å². The average Bonchev–Trinajstić information content (AvgIpc) is 2.15. The molecule has 0 bridgehead atoms. The average molecular weight is 179 g/mol. The summed E-state index contributed by atoms with van der Waals surface area (Å²) in [6.07, 6.45) is 4.16. The number of fused-ring (bicyclic) bond motifs is 1. The maximum Gasteiger partial charge on any atom is 0.514 e. The molecule has 2 heterocycles. The molecule has 2 aliphatic rings. The summed E-state index contributed by atoms with van der Waals surface area (Å²) in [6, 6.07) is 0. The number of amidine groups is 1. The third-order valence-electron chi connectivity index (χ3n) is 1.93. The van der Waals surface area contributed by atoms with Crippen molar-refractivity contribution in [3.63, 3.8) is 0 Å². The van der Waals surface area contributed by atoms with Crippen molar-refractivity contribution in [2.24, 2.45) is 10.9 Å². The number of dihydropyridines is 1. The van der Waals surface area contributed by atoms with Gasteiger partial charge < -0.3 is 4.74 Å². The molecule has 0 saturated heterocycles. The Morgan fingerprint density at radius 2 is 2.31 bits per heavy atom. The molecule has 1 unspecified atom stereocenters. The molecular weight excluding hydrogens is 172 g/mol. The fraction of sp³-hybridized carbons (Fsp3) is 0.250. The largest absolute Gasteiger partial charge is 0.514 e. The van der Waals surface area contributed by atoms with E-state index in [9.17, 15) is 9.59 Å². The number of amides is 1. The van der Waals surface area contributed by atoms with Gasteiger partial charge >= 0.3 is 17.9 Å². The van der Waals surface area contributed by atoms with Crippen LogP contribution in [0, 0.1) is 5.92 Å². The highest BCUT2D eigenvalue weighted by Gasteiger charge is 2.41. The summed E-state index contributed by atoms with van der Waals surface area (Å²) in [5.74, 6) is -0.678. The van der Waals surface area contributed by atoms with Crippen LogP contribution < -0.4 is 0 Å². The standard InChI is InChI=1S/C8H7N2O3/c1-10-6-5(3-2-4-9-6)7(11)13-8(10)12/h2-5H,1H3/q+1. The highest BCUT2D eigenvalue weighted by atomic mass is 16.6. The first-order chi connectivity index (χ1) is 6.20. The summed E-state index contributed by atoms with van der Waals surface area (Å²) in [4.78, 5) is 26.1. The van der Waals surface area contributed by atoms with E-state index in [0.717, 1.165) is 0 Å². The number of rotatable bonds is 0. The number of carbonyl (C=O) groups excluding carboxylic acids is 2. The van der Waals surface area contributed by atoms with Crippen LogP contribution in [-0.2, 0) is 9.53 Å². The maximum atomic E-state index is 11.2. The van der Waals surface area contributed by atoms with Gasteiger partial charge in [-0.15, -0.1) is 0 Å². The molecule has 5 heteroatoms. The van der Waals surface area contributed by atoms with Gasteiger partial charge in [-0.2, -0.15) is 9.37 Å². The number of allylic oxidation sites excluding steroid dienone is 1. The quantitative estimate of drug-likeness (QED) is 0.298. The van der Waals surface area contributed by atoms with Crippen molar-refractivity contribution in [2.45, 2.75) is 0 Å². The molecule has 0 aliphatic carbocycles. The van der Waals surface area contributed by atoms with Crippen molar-refractivity contribution < 1.29 is 18.9 Å². The molecule has 0 aromatic carbocycles. The molecule has 66 valence electrons. The van der Waals surface area contributed by atoms with Gasteiger partial charge in [0.25, 0.3) is 0 Å². The van der Waals surface area contributed by atoms with Crippen LogP contribution in [-0.4, -0.2) is 35.7 Å². The smallest absolute Gasteiger partial charge is 0.356 e. The number of hydrogen-bond acceptors (Lipinski definition) is 4. The number of aliphatic imine (C=N–C) groups is 1. The third kappa shape index (κ3) is 1.09. The molecule has 0 spiro atoms. The molecule has 1 amide bonds. The van der Waals surface area contributed by atoms with Gasteiger partial charge in [-0.25, -0.2) is 0 Å². The maximum absolute atomic E-state index is 11.2. The van der Waals surface area contributed by atoms with Gasteiger partial charge in [0, 0.05) is 0 Å². The zero-order valence-corrected chi connectivity index (χ0v) is 6.93. The van der Waals surface area contributed by atoms with Crippen molar-refractivity contribution >= 4 is 24.1 Å². The lowest BCUT2D eigenvalue weighted by molar-refractivity contribution is -0.418. The van der Waals surface area contributed by atoms with Gasteiger partial charge in [0.05, 0.1) is 7.05 Å². The molecule has 2 rings (SSSR count). The number of ether oxygens (including phenoxy) is 1. The molecular formula is C8H7N2O3+. The summed E-state index contributed by atoms with van der Waals surface area (Å²) in [6.45, 7) is 0. The molecule has 0 saturated carbocycles. The Labute approximate surface area is 74.0 Å². The van der Waals surface area contributed by atoms with E-state index in [1.165, 1.54) is 17.8 Å². The fourth-order valence-electron chi connectivity index (χ4n) is 1.24.